The fraction of sp³-hybridized carbons (Fsp3) is 0.733. The lowest BCUT2D eigenvalue weighted by atomic mass is 10.0. The van der Waals surface area contributed by atoms with Crippen molar-refractivity contribution in [3.63, 3.8) is 0 Å². The van der Waals surface area contributed by atoms with Gasteiger partial charge >= 0.3 is 0 Å². The molecule has 0 spiro atoms. The van der Waals surface area contributed by atoms with Crippen LogP contribution in [0.15, 0.2) is 11.4 Å². The van der Waals surface area contributed by atoms with Crippen LogP contribution in [-0.4, -0.2) is 30.1 Å². The summed E-state index contributed by atoms with van der Waals surface area (Å²) in [5.41, 5.74) is 1.45. The van der Waals surface area contributed by atoms with E-state index in [1.54, 1.807) is 4.88 Å². The summed E-state index contributed by atoms with van der Waals surface area (Å²) in [6.07, 6.45) is 2.46. The van der Waals surface area contributed by atoms with E-state index in [2.05, 4.69) is 49.4 Å². The lowest BCUT2D eigenvalue weighted by Gasteiger charge is -2.43. The van der Waals surface area contributed by atoms with Gasteiger partial charge in [0.15, 0.2) is 0 Å². The molecule has 2 heterocycles. The lowest BCUT2D eigenvalue weighted by Crippen LogP contribution is -2.56. The average Bonchev–Trinajstić information content (AvgIpc) is 2.83. The normalized spacial score (nSPS) is 27.3. The Labute approximate surface area is 115 Å². The molecular formula is C15H26N2S. The third-order valence-corrected chi connectivity index (χ3v) is 5.47. The average molecular weight is 266 g/mol. The molecule has 0 amide bonds. The molecule has 0 saturated carbocycles. The van der Waals surface area contributed by atoms with Crippen LogP contribution in [-0.2, 0) is 0 Å². The van der Waals surface area contributed by atoms with Crippen molar-refractivity contribution in [3.8, 4) is 0 Å². The summed E-state index contributed by atoms with van der Waals surface area (Å²) in [7, 11) is 0. The van der Waals surface area contributed by atoms with Crippen LogP contribution in [0.4, 0.5) is 0 Å². The highest BCUT2D eigenvalue weighted by atomic mass is 32.1. The largest absolute Gasteiger partial charge is 0.311 e. The van der Waals surface area contributed by atoms with Gasteiger partial charge in [-0.2, -0.15) is 0 Å². The van der Waals surface area contributed by atoms with Crippen LogP contribution >= 0.6 is 11.3 Å². The molecule has 1 N–H and O–H groups in total. The van der Waals surface area contributed by atoms with Gasteiger partial charge in [0, 0.05) is 36.1 Å². The number of aryl methyl sites for hydroxylation is 1. The summed E-state index contributed by atoms with van der Waals surface area (Å²) >= 11 is 1.91. The number of hydrogen-bond donors (Lipinski definition) is 1. The van der Waals surface area contributed by atoms with Crippen LogP contribution in [0.3, 0.4) is 0 Å². The van der Waals surface area contributed by atoms with E-state index in [9.17, 15) is 0 Å². The zero-order valence-electron chi connectivity index (χ0n) is 12.1. The highest BCUT2D eigenvalue weighted by molar-refractivity contribution is 7.10. The molecule has 1 aromatic heterocycles. The number of nitrogens with one attached hydrogen (secondary N) is 1. The van der Waals surface area contributed by atoms with E-state index in [0.29, 0.717) is 18.1 Å². The second-order valence-electron chi connectivity index (χ2n) is 5.42. The van der Waals surface area contributed by atoms with Gasteiger partial charge in [-0.15, -0.1) is 11.3 Å². The first-order valence-corrected chi connectivity index (χ1v) is 8.08. The van der Waals surface area contributed by atoms with Crippen molar-refractivity contribution in [3.05, 3.63) is 21.9 Å². The Morgan fingerprint density at radius 3 is 2.78 bits per heavy atom. The van der Waals surface area contributed by atoms with Gasteiger partial charge in [-0.3, -0.25) is 4.90 Å². The zero-order chi connectivity index (χ0) is 13.1. The summed E-state index contributed by atoms with van der Waals surface area (Å²) in [6, 6.07) is 4.16. The van der Waals surface area contributed by atoms with Gasteiger partial charge in [0.25, 0.3) is 0 Å². The molecule has 1 fully saturated rings. The van der Waals surface area contributed by atoms with Crippen LogP contribution in [0.5, 0.6) is 0 Å². The van der Waals surface area contributed by atoms with Crippen LogP contribution in [0.2, 0.25) is 0 Å². The number of thiophene rings is 1. The molecule has 1 aliphatic heterocycles. The van der Waals surface area contributed by atoms with Crippen molar-refractivity contribution in [2.24, 2.45) is 0 Å². The Morgan fingerprint density at radius 1 is 1.44 bits per heavy atom. The molecule has 102 valence electrons. The summed E-state index contributed by atoms with van der Waals surface area (Å²) in [4.78, 5) is 4.26. The van der Waals surface area contributed by atoms with Gasteiger partial charge in [-0.05, 0) is 43.7 Å². The molecule has 1 saturated heterocycles. The molecule has 1 aliphatic rings. The van der Waals surface area contributed by atoms with Gasteiger partial charge in [-0.25, -0.2) is 0 Å². The lowest BCUT2D eigenvalue weighted by molar-refractivity contribution is 0.0863. The maximum absolute atomic E-state index is 3.68. The third kappa shape index (κ3) is 2.79. The Hall–Kier alpha value is -0.380. The molecule has 2 rings (SSSR count). The Balaban J connectivity index is 2.15. The van der Waals surface area contributed by atoms with Crippen molar-refractivity contribution in [2.75, 3.05) is 13.1 Å². The fourth-order valence-electron chi connectivity index (χ4n) is 2.98. The van der Waals surface area contributed by atoms with Crippen molar-refractivity contribution in [2.45, 2.75) is 58.7 Å². The molecule has 0 bridgehead atoms. The zero-order valence-corrected chi connectivity index (χ0v) is 12.9. The first kappa shape index (κ1) is 14.0. The minimum atomic E-state index is 0.561. The van der Waals surface area contributed by atoms with Gasteiger partial charge in [0.1, 0.15) is 0 Å². The Bertz CT molecular complexity index is 374. The van der Waals surface area contributed by atoms with E-state index >= 15 is 0 Å². The molecule has 0 aromatic carbocycles. The molecule has 1 aromatic rings. The SMILES string of the molecule is CCC1CN(C(C)c2sccc2C)C(CC)CN1. The van der Waals surface area contributed by atoms with Gasteiger partial charge in [0.05, 0.1) is 0 Å². The van der Waals surface area contributed by atoms with E-state index in [0.717, 1.165) is 6.54 Å². The van der Waals surface area contributed by atoms with Crippen molar-refractivity contribution in [1.82, 2.24) is 10.2 Å². The predicted octanol–water partition coefficient (Wildman–Crippen LogP) is 3.58. The number of nitrogens with zero attached hydrogens (tertiary/aromatic N) is 1. The second-order valence-corrected chi connectivity index (χ2v) is 6.36. The quantitative estimate of drug-likeness (QED) is 0.896. The summed E-state index contributed by atoms with van der Waals surface area (Å²) in [5.74, 6) is 0. The molecular weight excluding hydrogens is 240 g/mol. The molecule has 18 heavy (non-hydrogen) atoms. The highest BCUT2D eigenvalue weighted by Gasteiger charge is 2.30. The molecule has 0 aliphatic carbocycles. The predicted molar refractivity (Wildman–Crippen MR) is 80.3 cm³/mol. The Morgan fingerprint density at radius 2 is 2.22 bits per heavy atom. The van der Waals surface area contributed by atoms with Gasteiger partial charge < -0.3 is 5.32 Å². The van der Waals surface area contributed by atoms with Crippen molar-refractivity contribution >= 4 is 11.3 Å². The summed E-state index contributed by atoms with van der Waals surface area (Å²) in [6.45, 7) is 11.5. The van der Waals surface area contributed by atoms with E-state index in [1.807, 2.05) is 11.3 Å². The number of piperazine rings is 1. The van der Waals surface area contributed by atoms with Crippen molar-refractivity contribution < 1.29 is 0 Å². The van der Waals surface area contributed by atoms with Crippen LogP contribution in [0.25, 0.3) is 0 Å². The van der Waals surface area contributed by atoms with E-state index in [4.69, 9.17) is 0 Å². The van der Waals surface area contributed by atoms with E-state index < -0.39 is 0 Å². The first-order chi connectivity index (χ1) is 8.67. The first-order valence-electron chi connectivity index (χ1n) is 7.20. The van der Waals surface area contributed by atoms with E-state index in [1.165, 1.54) is 24.9 Å². The third-order valence-electron chi connectivity index (χ3n) is 4.29. The second kappa shape index (κ2) is 6.18. The van der Waals surface area contributed by atoms with Crippen LogP contribution in [0.1, 0.15) is 50.1 Å². The van der Waals surface area contributed by atoms with Gasteiger partial charge in [-0.1, -0.05) is 13.8 Å². The fourth-order valence-corrected chi connectivity index (χ4v) is 3.98. The van der Waals surface area contributed by atoms with Gasteiger partial charge in [0.2, 0.25) is 0 Å². The topological polar surface area (TPSA) is 15.3 Å². The molecule has 3 heteroatoms. The van der Waals surface area contributed by atoms with Crippen LogP contribution in [0, 0.1) is 6.92 Å². The molecule has 3 atom stereocenters. The summed E-state index contributed by atoms with van der Waals surface area (Å²) in [5, 5.41) is 5.90. The van der Waals surface area contributed by atoms with Crippen LogP contribution < -0.4 is 5.32 Å². The maximum Gasteiger partial charge on any atom is 0.0420 e. The maximum atomic E-state index is 3.68. The molecule has 3 unspecified atom stereocenters. The number of hydrogen-bond acceptors (Lipinski definition) is 3. The Kier molecular flexibility index (Phi) is 4.82. The smallest absolute Gasteiger partial charge is 0.0420 e. The summed E-state index contributed by atoms with van der Waals surface area (Å²) < 4.78 is 0. The highest BCUT2D eigenvalue weighted by Crippen LogP contribution is 2.31. The minimum Gasteiger partial charge on any atom is -0.311 e. The number of rotatable bonds is 4. The standard InChI is InChI=1S/C15H26N2S/c1-5-13-10-17(14(6-2)9-16-13)12(4)15-11(3)7-8-18-15/h7-8,12-14,16H,5-6,9-10H2,1-4H3. The van der Waals surface area contributed by atoms with Crippen molar-refractivity contribution in [1.29, 1.82) is 0 Å². The molecule has 2 nitrogen and oxygen atoms in total. The molecule has 0 radical (unpaired) electrons. The van der Waals surface area contributed by atoms with E-state index in [-0.39, 0.29) is 0 Å². The minimum absolute atomic E-state index is 0.561. The monoisotopic (exact) mass is 266 g/mol.